The van der Waals surface area contributed by atoms with Gasteiger partial charge in [-0.25, -0.2) is 0 Å². The SMILES string of the molecule is C=CN(CCCCCB(O)O)c1cccc(OC)c1C. The zero-order chi connectivity index (χ0) is 15.0. The van der Waals surface area contributed by atoms with Crippen LogP contribution < -0.4 is 9.64 Å². The van der Waals surface area contributed by atoms with E-state index in [2.05, 4.69) is 17.5 Å². The highest BCUT2D eigenvalue weighted by molar-refractivity contribution is 6.40. The Morgan fingerprint density at radius 2 is 2.05 bits per heavy atom. The molecule has 1 aromatic rings. The van der Waals surface area contributed by atoms with E-state index in [4.69, 9.17) is 14.8 Å². The van der Waals surface area contributed by atoms with Gasteiger partial charge >= 0.3 is 7.12 Å². The first kappa shape index (κ1) is 16.6. The molecule has 1 rings (SSSR count). The minimum Gasteiger partial charge on any atom is -0.496 e. The normalized spacial score (nSPS) is 10.2. The van der Waals surface area contributed by atoms with Crippen LogP contribution in [0.1, 0.15) is 24.8 Å². The van der Waals surface area contributed by atoms with Crippen molar-refractivity contribution in [2.75, 3.05) is 18.6 Å². The quantitative estimate of drug-likeness (QED) is 0.538. The van der Waals surface area contributed by atoms with Gasteiger partial charge in [0, 0.05) is 17.8 Å². The molecule has 0 spiro atoms. The van der Waals surface area contributed by atoms with E-state index in [-0.39, 0.29) is 0 Å². The number of ether oxygens (including phenoxy) is 1. The number of nitrogens with zero attached hydrogens (tertiary/aromatic N) is 1. The maximum atomic E-state index is 8.79. The molecule has 0 aliphatic rings. The maximum absolute atomic E-state index is 8.79. The van der Waals surface area contributed by atoms with Crippen LogP contribution in [0.15, 0.2) is 31.0 Å². The molecule has 5 heteroatoms. The molecular formula is C15H24BNO3. The van der Waals surface area contributed by atoms with E-state index >= 15 is 0 Å². The molecule has 0 fully saturated rings. The minimum atomic E-state index is -1.19. The lowest BCUT2D eigenvalue weighted by molar-refractivity contribution is 0.401. The molecule has 1 aromatic carbocycles. The fraction of sp³-hybridized carbons (Fsp3) is 0.467. The van der Waals surface area contributed by atoms with Gasteiger partial charge in [0.25, 0.3) is 0 Å². The zero-order valence-electron chi connectivity index (χ0n) is 12.4. The van der Waals surface area contributed by atoms with Crippen LogP contribution in [0.5, 0.6) is 5.75 Å². The lowest BCUT2D eigenvalue weighted by Gasteiger charge is -2.23. The summed E-state index contributed by atoms with van der Waals surface area (Å²) in [6, 6.07) is 5.97. The molecule has 0 heterocycles. The summed E-state index contributed by atoms with van der Waals surface area (Å²) in [5.41, 5.74) is 2.20. The second-order valence-electron chi connectivity index (χ2n) is 4.81. The average Bonchev–Trinajstić information content (AvgIpc) is 2.43. The minimum absolute atomic E-state index is 0.437. The maximum Gasteiger partial charge on any atom is 0.451 e. The molecule has 0 amide bonds. The molecule has 0 unspecified atom stereocenters. The number of benzene rings is 1. The van der Waals surface area contributed by atoms with Crippen LogP contribution >= 0.6 is 0 Å². The average molecular weight is 277 g/mol. The van der Waals surface area contributed by atoms with E-state index in [1.165, 1.54) is 0 Å². The van der Waals surface area contributed by atoms with Gasteiger partial charge in [0.05, 0.1) is 7.11 Å². The highest BCUT2D eigenvalue weighted by atomic mass is 16.5. The summed E-state index contributed by atoms with van der Waals surface area (Å²) in [5.74, 6) is 0.873. The van der Waals surface area contributed by atoms with E-state index < -0.39 is 7.12 Å². The predicted octanol–water partition coefficient (Wildman–Crippen LogP) is 2.60. The smallest absolute Gasteiger partial charge is 0.451 e. The lowest BCUT2D eigenvalue weighted by atomic mass is 9.83. The monoisotopic (exact) mass is 277 g/mol. The summed E-state index contributed by atoms with van der Waals surface area (Å²) in [5, 5.41) is 17.6. The molecule has 20 heavy (non-hydrogen) atoms. The van der Waals surface area contributed by atoms with Gasteiger partial charge in [-0.15, -0.1) is 0 Å². The van der Waals surface area contributed by atoms with Crippen molar-refractivity contribution in [2.24, 2.45) is 0 Å². The van der Waals surface area contributed by atoms with Gasteiger partial charge in [0.15, 0.2) is 0 Å². The fourth-order valence-corrected chi connectivity index (χ4v) is 2.23. The molecule has 0 bridgehead atoms. The highest BCUT2D eigenvalue weighted by Gasteiger charge is 2.10. The van der Waals surface area contributed by atoms with Crippen LogP contribution in [0.3, 0.4) is 0 Å². The van der Waals surface area contributed by atoms with Gasteiger partial charge in [-0.05, 0) is 38.0 Å². The fourth-order valence-electron chi connectivity index (χ4n) is 2.23. The van der Waals surface area contributed by atoms with Crippen molar-refractivity contribution in [3.8, 4) is 5.75 Å². The zero-order valence-corrected chi connectivity index (χ0v) is 12.4. The van der Waals surface area contributed by atoms with Crippen LogP contribution in [0.2, 0.25) is 6.32 Å². The van der Waals surface area contributed by atoms with E-state index in [1.807, 2.05) is 25.3 Å². The van der Waals surface area contributed by atoms with Gasteiger partial charge in [0.2, 0.25) is 0 Å². The molecule has 110 valence electrons. The number of hydrogen-bond donors (Lipinski definition) is 2. The molecule has 0 radical (unpaired) electrons. The van der Waals surface area contributed by atoms with Crippen LogP contribution in [0.25, 0.3) is 0 Å². The third kappa shape index (κ3) is 4.91. The van der Waals surface area contributed by atoms with Gasteiger partial charge in [-0.3, -0.25) is 0 Å². The Morgan fingerprint density at radius 1 is 1.30 bits per heavy atom. The number of hydrogen-bond acceptors (Lipinski definition) is 4. The van der Waals surface area contributed by atoms with Crippen molar-refractivity contribution in [1.82, 2.24) is 0 Å². The topological polar surface area (TPSA) is 52.9 Å². The molecule has 4 nitrogen and oxygen atoms in total. The van der Waals surface area contributed by atoms with Gasteiger partial charge < -0.3 is 19.7 Å². The van der Waals surface area contributed by atoms with Crippen molar-refractivity contribution < 1.29 is 14.8 Å². The number of anilines is 1. The summed E-state index contributed by atoms with van der Waals surface area (Å²) in [4.78, 5) is 2.10. The lowest BCUT2D eigenvalue weighted by Crippen LogP contribution is -2.18. The summed E-state index contributed by atoms with van der Waals surface area (Å²) in [6.45, 7) is 6.76. The Hall–Kier alpha value is -1.46. The summed E-state index contributed by atoms with van der Waals surface area (Å²) in [7, 11) is 0.482. The van der Waals surface area contributed by atoms with Crippen molar-refractivity contribution >= 4 is 12.8 Å². The highest BCUT2D eigenvalue weighted by Crippen LogP contribution is 2.28. The Labute approximate surface area is 121 Å². The van der Waals surface area contributed by atoms with E-state index in [0.29, 0.717) is 6.32 Å². The first-order valence-electron chi connectivity index (χ1n) is 6.99. The first-order valence-corrected chi connectivity index (χ1v) is 6.99. The number of rotatable bonds is 9. The summed E-state index contributed by atoms with van der Waals surface area (Å²) >= 11 is 0. The van der Waals surface area contributed by atoms with Crippen molar-refractivity contribution in [3.05, 3.63) is 36.5 Å². The molecule has 0 saturated carbocycles. The van der Waals surface area contributed by atoms with Crippen LogP contribution in [0.4, 0.5) is 5.69 Å². The largest absolute Gasteiger partial charge is 0.496 e. The van der Waals surface area contributed by atoms with E-state index in [0.717, 1.165) is 42.8 Å². The van der Waals surface area contributed by atoms with Crippen molar-refractivity contribution in [2.45, 2.75) is 32.5 Å². The molecule has 0 aromatic heterocycles. The standard InChI is InChI=1S/C15H24BNO3/c1-4-17(12-7-5-6-11-16(18)19)14-9-8-10-15(20-3)13(14)2/h4,8-10,18-19H,1,5-7,11-12H2,2-3H3. The molecule has 0 aliphatic carbocycles. The molecular weight excluding hydrogens is 253 g/mol. The van der Waals surface area contributed by atoms with Gasteiger partial charge in [-0.2, -0.15) is 0 Å². The Bertz CT molecular complexity index is 424. The van der Waals surface area contributed by atoms with Gasteiger partial charge in [0.1, 0.15) is 5.75 Å². The van der Waals surface area contributed by atoms with Crippen LogP contribution in [-0.4, -0.2) is 30.8 Å². The van der Waals surface area contributed by atoms with Crippen molar-refractivity contribution in [1.29, 1.82) is 0 Å². The van der Waals surface area contributed by atoms with E-state index in [9.17, 15) is 0 Å². The first-order chi connectivity index (χ1) is 9.60. The third-order valence-corrected chi connectivity index (χ3v) is 3.37. The second-order valence-corrected chi connectivity index (χ2v) is 4.81. The summed E-state index contributed by atoms with van der Waals surface area (Å²) in [6.07, 6.45) is 5.02. The molecule has 0 saturated heterocycles. The van der Waals surface area contributed by atoms with E-state index in [1.54, 1.807) is 7.11 Å². The number of unbranched alkanes of at least 4 members (excludes halogenated alkanes) is 2. The number of methoxy groups -OCH3 is 1. The van der Waals surface area contributed by atoms with Crippen LogP contribution in [-0.2, 0) is 0 Å². The summed E-state index contributed by atoms with van der Waals surface area (Å²) < 4.78 is 5.33. The predicted molar refractivity (Wildman–Crippen MR) is 84.1 cm³/mol. The second kappa shape index (κ2) is 8.66. The molecule has 0 aliphatic heterocycles. The van der Waals surface area contributed by atoms with Crippen molar-refractivity contribution in [3.63, 3.8) is 0 Å². The molecule has 2 N–H and O–H groups in total. The Kier molecular flexibility index (Phi) is 7.19. The van der Waals surface area contributed by atoms with Gasteiger partial charge in [-0.1, -0.05) is 25.5 Å². The Balaban J connectivity index is 2.56. The van der Waals surface area contributed by atoms with Crippen LogP contribution in [0, 0.1) is 6.92 Å². The third-order valence-electron chi connectivity index (χ3n) is 3.37. The molecule has 0 atom stereocenters. The Morgan fingerprint density at radius 3 is 2.65 bits per heavy atom.